The van der Waals surface area contributed by atoms with E-state index in [4.69, 9.17) is 4.74 Å². The van der Waals surface area contributed by atoms with Crippen molar-refractivity contribution in [1.82, 2.24) is 10.6 Å². The maximum atomic E-state index is 13.1. The van der Waals surface area contributed by atoms with Crippen LogP contribution in [0, 0.1) is 0 Å². The summed E-state index contributed by atoms with van der Waals surface area (Å²) in [6.45, 7) is 8.84. The number of carbonyl (C=O) groups excluding carboxylic acids is 2. The van der Waals surface area contributed by atoms with Gasteiger partial charge in [-0.1, -0.05) is 6.08 Å². The molecule has 0 aromatic heterocycles. The second-order valence-corrected chi connectivity index (χ2v) is 7.04. The van der Waals surface area contributed by atoms with Gasteiger partial charge in [-0.2, -0.15) is 13.2 Å². The summed E-state index contributed by atoms with van der Waals surface area (Å²) in [5.41, 5.74) is -1.30. The van der Waals surface area contributed by atoms with E-state index < -0.39 is 35.5 Å². The zero-order chi connectivity index (χ0) is 20.4. The van der Waals surface area contributed by atoms with Crippen molar-refractivity contribution in [2.24, 2.45) is 0 Å². The van der Waals surface area contributed by atoms with E-state index in [1.807, 2.05) is 0 Å². The van der Waals surface area contributed by atoms with Crippen LogP contribution in [0.5, 0.6) is 0 Å². The van der Waals surface area contributed by atoms with Crippen LogP contribution in [0.3, 0.4) is 0 Å². The van der Waals surface area contributed by atoms with Crippen LogP contribution in [-0.2, 0) is 10.9 Å². The number of benzene rings is 1. The van der Waals surface area contributed by atoms with Gasteiger partial charge in [0, 0.05) is 6.54 Å². The lowest BCUT2D eigenvalue weighted by Gasteiger charge is -2.38. The standard InChI is InChI=1S/C18H22F3N3O3/c1-5-8-24-13-9-11(18(19,20)21)6-7-12(13)15(25)23-14(24)10-22-16(26)27-17(2,3)4/h5-7,9,14H,1,8,10H2,2-4H3,(H,22,26)(H,23,25). The molecule has 1 heterocycles. The SMILES string of the molecule is C=CCN1c2cc(C(F)(F)F)ccc2C(=O)NC1CNC(=O)OC(C)(C)C. The maximum Gasteiger partial charge on any atom is 0.416 e. The second kappa shape index (κ2) is 7.50. The van der Waals surface area contributed by atoms with Crippen LogP contribution in [-0.4, -0.2) is 36.9 Å². The molecule has 9 heteroatoms. The molecule has 148 valence electrons. The summed E-state index contributed by atoms with van der Waals surface area (Å²) in [5.74, 6) is -0.518. The Morgan fingerprint density at radius 3 is 2.59 bits per heavy atom. The summed E-state index contributed by atoms with van der Waals surface area (Å²) in [6.07, 6.45) is -4.47. The number of carbonyl (C=O) groups is 2. The van der Waals surface area contributed by atoms with Gasteiger partial charge in [-0.3, -0.25) is 4.79 Å². The second-order valence-electron chi connectivity index (χ2n) is 7.04. The van der Waals surface area contributed by atoms with Crippen molar-refractivity contribution in [3.05, 3.63) is 42.0 Å². The minimum atomic E-state index is -4.53. The summed E-state index contributed by atoms with van der Waals surface area (Å²) in [6, 6.07) is 2.93. The minimum absolute atomic E-state index is 0.0514. The fraction of sp³-hybridized carbons (Fsp3) is 0.444. The Labute approximate surface area is 155 Å². The van der Waals surface area contributed by atoms with Gasteiger partial charge in [-0.05, 0) is 39.0 Å². The number of anilines is 1. The molecule has 6 nitrogen and oxygen atoms in total. The number of fused-ring (bicyclic) bond motifs is 1. The topological polar surface area (TPSA) is 70.7 Å². The average Bonchev–Trinajstić information content (AvgIpc) is 2.53. The molecule has 0 fully saturated rings. The first-order valence-electron chi connectivity index (χ1n) is 8.29. The fourth-order valence-corrected chi connectivity index (χ4v) is 2.63. The molecule has 1 unspecified atom stereocenters. The Morgan fingerprint density at radius 2 is 2.04 bits per heavy atom. The van der Waals surface area contributed by atoms with Crippen LogP contribution in [0.1, 0.15) is 36.7 Å². The molecule has 1 aromatic rings. The van der Waals surface area contributed by atoms with Crippen molar-refractivity contribution in [3.8, 4) is 0 Å². The number of rotatable bonds is 4. The van der Waals surface area contributed by atoms with Crippen molar-refractivity contribution >= 4 is 17.7 Å². The van der Waals surface area contributed by atoms with Crippen LogP contribution < -0.4 is 15.5 Å². The number of nitrogens with zero attached hydrogens (tertiary/aromatic N) is 1. The molecule has 2 N–H and O–H groups in total. The van der Waals surface area contributed by atoms with Gasteiger partial charge in [0.25, 0.3) is 5.91 Å². The van der Waals surface area contributed by atoms with E-state index in [0.717, 1.165) is 18.2 Å². The Kier molecular flexibility index (Phi) is 5.72. The summed E-state index contributed by atoms with van der Waals surface area (Å²) in [5, 5.41) is 5.19. The van der Waals surface area contributed by atoms with Gasteiger partial charge in [-0.25, -0.2) is 4.79 Å². The molecular formula is C18H22F3N3O3. The largest absolute Gasteiger partial charge is 0.444 e. The van der Waals surface area contributed by atoms with Crippen molar-refractivity contribution in [2.45, 2.75) is 38.7 Å². The summed E-state index contributed by atoms with van der Waals surface area (Å²) < 4.78 is 44.3. The number of amides is 2. The van der Waals surface area contributed by atoms with E-state index in [1.54, 1.807) is 20.8 Å². The van der Waals surface area contributed by atoms with Gasteiger partial charge >= 0.3 is 12.3 Å². The molecular weight excluding hydrogens is 363 g/mol. The molecule has 2 rings (SSSR count). The van der Waals surface area contributed by atoms with Gasteiger partial charge in [0.1, 0.15) is 11.8 Å². The zero-order valence-corrected chi connectivity index (χ0v) is 15.3. The van der Waals surface area contributed by atoms with Crippen LogP contribution >= 0.6 is 0 Å². The van der Waals surface area contributed by atoms with E-state index in [1.165, 1.54) is 11.0 Å². The fourth-order valence-electron chi connectivity index (χ4n) is 2.63. The van der Waals surface area contributed by atoms with Crippen molar-refractivity contribution < 1.29 is 27.5 Å². The van der Waals surface area contributed by atoms with E-state index in [2.05, 4.69) is 17.2 Å². The predicted molar refractivity (Wildman–Crippen MR) is 94.5 cm³/mol. The van der Waals surface area contributed by atoms with E-state index in [-0.39, 0.29) is 24.3 Å². The summed E-state index contributed by atoms with van der Waals surface area (Å²) in [7, 11) is 0. The molecule has 0 saturated carbocycles. The van der Waals surface area contributed by atoms with Crippen LogP contribution in [0.15, 0.2) is 30.9 Å². The first-order chi connectivity index (χ1) is 12.4. The number of halogens is 3. The minimum Gasteiger partial charge on any atom is -0.444 e. The number of alkyl carbamates (subject to hydrolysis) is 1. The van der Waals surface area contributed by atoms with Crippen LogP contribution in [0.4, 0.5) is 23.7 Å². The van der Waals surface area contributed by atoms with E-state index in [9.17, 15) is 22.8 Å². The van der Waals surface area contributed by atoms with Crippen molar-refractivity contribution in [3.63, 3.8) is 0 Å². The van der Waals surface area contributed by atoms with Gasteiger partial charge < -0.3 is 20.3 Å². The van der Waals surface area contributed by atoms with Crippen molar-refractivity contribution in [1.29, 1.82) is 0 Å². The van der Waals surface area contributed by atoms with E-state index >= 15 is 0 Å². The highest BCUT2D eigenvalue weighted by atomic mass is 19.4. The molecule has 2 amide bonds. The molecule has 1 aliphatic heterocycles. The molecule has 0 spiro atoms. The molecule has 0 saturated heterocycles. The summed E-state index contributed by atoms with van der Waals surface area (Å²) in [4.78, 5) is 25.7. The van der Waals surface area contributed by atoms with Gasteiger partial charge in [0.05, 0.1) is 23.4 Å². The molecule has 1 aromatic carbocycles. The van der Waals surface area contributed by atoms with Gasteiger partial charge in [0.2, 0.25) is 0 Å². The predicted octanol–water partition coefficient (Wildman–Crippen LogP) is 3.29. The molecule has 0 bridgehead atoms. The third kappa shape index (κ3) is 5.15. The number of ether oxygens (including phenoxy) is 1. The monoisotopic (exact) mass is 385 g/mol. The smallest absolute Gasteiger partial charge is 0.416 e. The molecule has 1 atom stereocenters. The third-order valence-electron chi connectivity index (χ3n) is 3.72. The molecule has 0 radical (unpaired) electrons. The quantitative estimate of drug-likeness (QED) is 0.781. The van der Waals surface area contributed by atoms with Gasteiger partial charge in [0.15, 0.2) is 0 Å². The Balaban J connectivity index is 2.27. The highest BCUT2D eigenvalue weighted by Gasteiger charge is 2.36. The number of hydrogen-bond donors (Lipinski definition) is 2. The Hall–Kier alpha value is -2.71. The van der Waals surface area contributed by atoms with Crippen LogP contribution in [0.25, 0.3) is 0 Å². The first-order valence-corrected chi connectivity index (χ1v) is 8.29. The Morgan fingerprint density at radius 1 is 1.37 bits per heavy atom. The Bertz CT molecular complexity index is 742. The molecule has 1 aliphatic rings. The number of hydrogen-bond acceptors (Lipinski definition) is 4. The summed E-state index contributed by atoms with van der Waals surface area (Å²) >= 11 is 0. The average molecular weight is 385 g/mol. The lowest BCUT2D eigenvalue weighted by atomic mass is 10.0. The number of alkyl halides is 3. The first kappa shape index (κ1) is 20.6. The maximum absolute atomic E-state index is 13.1. The van der Waals surface area contributed by atoms with E-state index in [0.29, 0.717) is 0 Å². The zero-order valence-electron chi connectivity index (χ0n) is 15.3. The lowest BCUT2D eigenvalue weighted by molar-refractivity contribution is -0.137. The molecule has 0 aliphatic carbocycles. The highest BCUT2D eigenvalue weighted by molar-refractivity contribution is 6.02. The normalized spacial score (nSPS) is 17.0. The van der Waals surface area contributed by atoms with Gasteiger partial charge in [-0.15, -0.1) is 6.58 Å². The third-order valence-corrected chi connectivity index (χ3v) is 3.72. The highest BCUT2D eigenvalue weighted by Crippen LogP contribution is 2.35. The molecule has 27 heavy (non-hydrogen) atoms. The van der Waals surface area contributed by atoms with Crippen LogP contribution in [0.2, 0.25) is 0 Å². The van der Waals surface area contributed by atoms with Crippen molar-refractivity contribution in [2.75, 3.05) is 18.0 Å². The lowest BCUT2D eigenvalue weighted by Crippen LogP contribution is -2.58. The number of nitrogens with one attached hydrogen (secondary N) is 2.